The van der Waals surface area contributed by atoms with Crippen molar-refractivity contribution < 1.29 is 0 Å². The van der Waals surface area contributed by atoms with E-state index in [4.69, 9.17) is 5.73 Å². The highest BCUT2D eigenvalue weighted by Crippen LogP contribution is 2.26. The Morgan fingerprint density at radius 1 is 1.33 bits per heavy atom. The Balaban J connectivity index is 1.95. The minimum absolute atomic E-state index is 0.244. The van der Waals surface area contributed by atoms with E-state index in [0.29, 0.717) is 6.04 Å². The largest absolute Gasteiger partial charge is 0.353 e. The summed E-state index contributed by atoms with van der Waals surface area (Å²) in [6.07, 6.45) is 10.2. The first-order valence-corrected chi connectivity index (χ1v) is 6.54. The maximum atomic E-state index is 6.24. The summed E-state index contributed by atoms with van der Waals surface area (Å²) in [7, 11) is 2.09. The Morgan fingerprint density at radius 2 is 2.17 bits per heavy atom. The van der Waals surface area contributed by atoms with Gasteiger partial charge in [-0.05, 0) is 18.9 Å². The van der Waals surface area contributed by atoms with E-state index in [2.05, 4.69) is 22.0 Å². The van der Waals surface area contributed by atoms with Gasteiger partial charge in [0.2, 0.25) is 0 Å². The van der Waals surface area contributed by atoms with Crippen molar-refractivity contribution in [1.29, 1.82) is 0 Å². The molecule has 0 aromatic carbocycles. The molecule has 2 unspecified atom stereocenters. The van der Waals surface area contributed by atoms with E-state index in [0.717, 1.165) is 24.2 Å². The van der Waals surface area contributed by atoms with Gasteiger partial charge in [-0.3, -0.25) is 0 Å². The smallest absolute Gasteiger partial charge is 0.154 e. The minimum atomic E-state index is 0.244. The topological polar surface area (TPSA) is 59.5 Å². The molecule has 18 heavy (non-hydrogen) atoms. The van der Waals surface area contributed by atoms with Crippen molar-refractivity contribution in [2.75, 3.05) is 11.9 Å². The zero-order chi connectivity index (χ0) is 12.5. The predicted octanol–water partition coefficient (Wildman–Crippen LogP) is 1.44. The van der Waals surface area contributed by atoms with E-state index in [-0.39, 0.29) is 6.04 Å². The summed E-state index contributed by atoms with van der Waals surface area (Å²) >= 11 is 0. The molecule has 0 bridgehead atoms. The average molecular weight is 245 g/mol. The molecule has 2 heterocycles. The monoisotopic (exact) mass is 245 g/mol. The number of anilines is 1. The molecule has 0 saturated heterocycles. The van der Waals surface area contributed by atoms with Crippen LogP contribution in [0.4, 0.5) is 5.82 Å². The van der Waals surface area contributed by atoms with E-state index in [1.54, 1.807) is 12.4 Å². The van der Waals surface area contributed by atoms with Gasteiger partial charge in [-0.25, -0.2) is 9.50 Å². The molecule has 0 amide bonds. The van der Waals surface area contributed by atoms with Crippen LogP contribution in [0.1, 0.15) is 25.7 Å². The highest BCUT2D eigenvalue weighted by molar-refractivity contribution is 5.68. The quantitative estimate of drug-likeness (QED) is 0.869. The molecule has 2 atom stereocenters. The van der Waals surface area contributed by atoms with Crippen LogP contribution in [-0.2, 0) is 0 Å². The van der Waals surface area contributed by atoms with Crippen molar-refractivity contribution in [2.24, 2.45) is 5.73 Å². The molecular weight excluding hydrogens is 226 g/mol. The molecule has 1 saturated carbocycles. The van der Waals surface area contributed by atoms with Crippen LogP contribution < -0.4 is 10.6 Å². The summed E-state index contributed by atoms with van der Waals surface area (Å²) in [6, 6.07) is 2.62. The fraction of sp³-hybridized carbons (Fsp3) is 0.538. The van der Waals surface area contributed by atoms with Crippen LogP contribution in [0.5, 0.6) is 0 Å². The lowest BCUT2D eigenvalue weighted by atomic mass is 9.90. The first-order chi connectivity index (χ1) is 8.77. The van der Waals surface area contributed by atoms with Crippen molar-refractivity contribution in [3.05, 3.63) is 24.7 Å². The van der Waals surface area contributed by atoms with E-state index in [1.165, 1.54) is 12.8 Å². The van der Waals surface area contributed by atoms with Crippen LogP contribution >= 0.6 is 0 Å². The molecule has 0 spiro atoms. The lowest BCUT2D eigenvalue weighted by Gasteiger charge is -2.36. The Morgan fingerprint density at radius 3 is 3.00 bits per heavy atom. The molecule has 5 nitrogen and oxygen atoms in total. The zero-order valence-electron chi connectivity index (χ0n) is 10.7. The second-order valence-electron chi connectivity index (χ2n) is 5.04. The summed E-state index contributed by atoms with van der Waals surface area (Å²) in [6.45, 7) is 0. The standard InChI is InChI=1S/C13H19N5/c1-17(11-5-3-2-4-10(11)14)13-12-6-7-16-18(12)9-8-15-13/h6-11H,2-5,14H2,1H3. The average Bonchev–Trinajstić information content (AvgIpc) is 2.86. The first-order valence-electron chi connectivity index (χ1n) is 6.54. The molecule has 1 aliphatic carbocycles. The fourth-order valence-corrected chi connectivity index (χ4v) is 2.89. The third kappa shape index (κ3) is 1.84. The third-order valence-corrected chi connectivity index (χ3v) is 3.92. The van der Waals surface area contributed by atoms with Crippen molar-refractivity contribution in [1.82, 2.24) is 14.6 Å². The Kier molecular flexibility index (Phi) is 2.91. The van der Waals surface area contributed by atoms with Crippen LogP contribution in [0.15, 0.2) is 24.7 Å². The van der Waals surface area contributed by atoms with Gasteiger partial charge in [0.05, 0.1) is 6.20 Å². The van der Waals surface area contributed by atoms with Crippen molar-refractivity contribution in [3.8, 4) is 0 Å². The van der Waals surface area contributed by atoms with Gasteiger partial charge in [-0.1, -0.05) is 12.8 Å². The number of hydrogen-bond donors (Lipinski definition) is 1. The van der Waals surface area contributed by atoms with E-state index in [1.807, 2.05) is 16.8 Å². The number of hydrogen-bond acceptors (Lipinski definition) is 4. The second-order valence-corrected chi connectivity index (χ2v) is 5.04. The normalized spacial score (nSPS) is 24.3. The van der Waals surface area contributed by atoms with Crippen molar-refractivity contribution in [3.63, 3.8) is 0 Å². The van der Waals surface area contributed by atoms with Gasteiger partial charge in [0, 0.05) is 31.5 Å². The second kappa shape index (κ2) is 4.57. The van der Waals surface area contributed by atoms with Crippen molar-refractivity contribution >= 4 is 11.3 Å². The van der Waals surface area contributed by atoms with E-state index < -0.39 is 0 Å². The molecule has 5 heteroatoms. The molecule has 1 fully saturated rings. The van der Waals surface area contributed by atoms with E-state index >= 15 is 0 Å². The lowest BCUT2D eigenvalue weighted by Crippen LogP contribution is -2.48. The van der Waals surface area contributed by atoms with Gasteiger partial charge in [-0.2, -0.15) is 5.10 Å². The van der Waals surface area contributed by atoms with Crippen LogP contribution in [0.25, 0.3) is 5.52 Å². The van der Waals surface area contributed by atoms with Gasteiger partial charge in [0.25, 0.3) is 0 Å². The summed E-state index contributed by atoms with van der Waals surface area (Å²) in [5.41, 5.74) is 7.28. The van der Waals surface area contributed by atoms with Gasteiger partial charge in [0.15, 0.2) is 5.82 Å². The molecule has 1 aliphatic rings. The van der Waals surface area contributed by atoms with Crippen LogP contribution in [0, 0.1) is 0 Å². The Bertz CT molecular complexity index is 535. The number of nitrogens with zero attached hydrogens (tertiary/aromatic N) is 4. The van der Waals surface area contributed by atoms with Crippen LogP contribution in [0.3, 0.4) is 0 Å². The summed E-state index contributed by atoms with van der Waals surface area (Å²) in [4.78, 5) is 6.72. The molecule has 0 radical (unpaired) electrons. The Labute approximate surface area is 107 Å². The summed E-state index contributed by atoms with van der Waals surface area (Å²) in [5.74, 6) is 0.970. The predicted molar refractivity (Wildman–Crippen MR) is 71.6 cm³/mol. The fourth-order valence-electron chi connectivity index (χ4n) is 2.89. The van der Waals surface area contributed by atoms with E-state index in [9.17, 15) is 0 Å². The molecule has 2 aromatic rings. The van der Waals surface area contributed by atoms with Crippen LogP contribution in [0.2, 0.25) is 0 Å². The summed E-state index contributed by atoms with van der Waals surface area (Å²) < 4.78 is 1.85. The number of fused-ring (bicyclic) bond motifs is 1. The number of aromatic nitrogens is 3. The molecule has 0 aliphatic heterocycles. The zero-order valence-corrected chi connectivity index (χ0v) is 10.7. The van der Waals surface area contributed by atoms with Gasteiger partial charge in [-0.15, -0.1) is 0 Å². The maximum Gasteiger partial charge on any atom is 0.154 e. The highest BCUT2D eigenvalue weighted by Gasteiger charge is 2.27. The third-order valence-electron chi connectivity index (χ3n) is 3.92. The highest BCUT2D eigenvalue weighted by atomic mass is 15.3. The minimum Gasteiger partial charge on any atom is -0.353 e. The number of likely N-dealkylation sites (N-methyl/N-ethyl adjacent to an activating group) is 1. The lowest BCUT2D eigenvalue weighted by molar-refractivity contribution is 0.372. The first kappa shape index (κ1) is 11.5. The Hall–Kier alpha value is -1.62. The molecule has 2 aromatic heterocycles. The van der Waals surface area contributed by atoms with Gasteiger partial charge >= 0.3 is 0 Å². The molecule has 3 rings (SSSR count). The van der Waals surface area contributed by atoms with Crippen LogP contribution in [-0.4, -0.2) is 33.7 Å². The van der Waals surface area contributed by atoms with Gasteiger partial charge < -0.3 is 10.6 Å². The molecular formula is C13H19N5. The molecule has 2 N–H and O–H groups in total. The summed E-state index contributed by atoms with van der Waals surface area (Å²) in [5, 5.41) is 4.24. The van der Waals surface area contributed by atoms with Crippen molar-refractivity contribution in [2.45, 2.75) is 37.8 Å². The number of nitrogens with two attached hydrogens (primary N) is 1. The molecule has 96 valence electrons. The number of rotatable bonds is 2. The SMILES string of the molecule is CN(c1nccn2nccc12)C1CCCCC1N. The van der Waals surface area contributed by atoms with Gasteiger partial charge in [0.1, 0.15) is 5.52 Å². The maximum absolute atomic E-state index is 6.24.